The van der Waals surface area contributed by atoms with Crippen LogP contribution < -0.4 is 5.32 Å². The number of fused-ring (bicyclic) bond motifs is 1. The van der Waals surface area contributed by atoms with E-state index in [4.69, 9.17) is 0 Å². The number of nitrogens with zero attached hydrogens (tertiary/aromatic N) is 4. The highest BCUT2D eigenvalue weighted by molar-refractivity contribution is 5.76. The number of hydrogen-bond acceptors (Lipinski definition) is 4. The molecule has 4 aliphatic carbocycles. The number of carbonyl (C=O) groups is 1. The van der Waals surface area contributed by atoms with Crippen LogP contribution in [0.1, 0.15) is 68.8 Å². The van der Waals surface area contributed by atoms with Crippen LogP contribution in [0.5, 0.6) is 0 Å². The lowest BCUT2D eigenvalue weighted by Gasteiger charge is -2.59. The Morgan fingerprint density at radius 2 is 1.86 bits per heavy atom. The van der Waals surface area contributed by atoms with Gasteiger partial charge in [0.05, 0.1) is 0 Å². The van der Waals surface area contributed by atoms with Crippen molar-refractivity contribution >= 4 is 11.7 Å². The van der Waals surface area contributed by atoms with E-state index in [1.165, 1.54) is 44.9 Å². The zero-order chi connectivity index (χ0) is 19.5. The molecule has 6 nitrogen and oxygen atoms in total. The smallest absolute Gasteiger partial charge is 0.252 e. The predicted molar refractivity (Wildman–Crippen MR) is 107 cm³/mol. The Hall–Kier alpha value is -1.98. The number of rotatable bonds is 5. The van der Waals surface area contributed by atoms with Crippen LogP contribution in [-0.4, -0.2) is 31.5 Å². The van der Waals surface area contributed by atoms with Crippen LogP contribution in [0.25, 0.3) is 5.78 Å². The van der Waals surface area contributed by atoms with Gasteiger partial charge in [0, 0.05) is 23.9 Å². The van der Waals surface area contributed by atoms with Crippen molar-refractivity contribution in [3.05, 3.63) is 23.3 Å². The van der Waals surface area contributed by atoms with Gasteiger partial charge in [-0.1, -0.05) is 0 Å². The average Bonchev–Trinajstić information content (AvgIpc) is 3.08. The van der Waals surface area contributed by atoms with E-state index in [9.17, 15) is 4.79 Å². The van der Waals surface area contributed by atoms with Crippen molar-refractivity contribution in [1.29, 1.82) is 0 Å². The molecule has 150 valence electrons. The SMILES string of the molecule is Cc1nc2ncnn2c(C)c1CCC(=O)NC(C)C12CC3CC(CC(C3)C1)C2. The van der Waals surface area contributed by atoms with Crippen LogP contribution in [0.3, 0.4) is 0 Å². The molecule has 0 radical (unpaired) electrons. The van der Waals surface area contributed by atoms with Crippen molar-refractivity contribution in [3.63, 3.8) is 0 Å². The third-order valence-electron chi connectivity index (χ3n) is 7.97. The number of nitrogens with one attached hydrogen (secondary N) is 1. The van der Waals surface area contributed by atoms with Crippen LogP contribution in [0, 0.1) is 37.0 Å². The van der Waals surface area contributed by atoms with Crippen molar-refractivity contribution in [2.24, 2.45) is 23.2 Å². The summed E-state index contributed by atoms with van der Waals surface area (Å²) in [5.41, 5.74) is 3.44. The molecule has 1 atom stereocenters. The monoisotopic (exact) mass is 381 g/mol. The molecule has 2 heterocycles. The topological polar surface area (TPSA) is 72.2 Å². The summed E-state index contributed by atoms with van der Waals surface area (Å²) in [6, 6.07) is 0.284. The maximum atomic E-state index is 12.8. The second-order valence-corrected chi connectivity index (χ2v) is 9.80. The Bertz CT molecular complexity index is 882. The van der Waals surface area contributed by atoms with Gasteiger partial charge in [-0.25, -0.2) is 9.50 Å². The van der Waals surface area contributed by atoms with Gasteiger partial charge in [0.1, 0.15) is 6.33 Å². The van der Waals surface area contributed by atoms with Crippen LogP contribution in [0.2, 0.25) is 0 Å². The first-order valence-electron chi connectivity index (χ1n) is 10.9. The molecule has 0 aliphatic heterocycles. The second-order valence-electron chi connectivity index (χ2n) is 9.80. The fourth-order valence-corrected chi connectivity index (χ4v) is 6.93. The summed E-state index contributed by atoms with van der Waals surface area (Å²) >= 11 is 0. The molecular weight excluding hydrogens is 350 g/mol. The summed E-state index contributed by atoms with van der Waals surface area (Å²) in [6.07, 6.45) is 11.0. The molecule has 1 amide bonds. The van der Waals surface area contributed by atoms with Crippen molar-refractivity contribution < 1.29 is 4.79 Å². The summed E-state index contributed by atoms with van der Waals surface area (Å²) in [6.45, 7) is 6.28. The lowest BCUT2D eigenvalue weighted by Crippen LogP contribution is -2.55. The summed E-state index contributed by atoms with van der Waals surface area (Å²) in [7, 11) is 0. The van der Waals surface area contributed by atoms with Gasteiger partial charge in [0.15, 0.2) is 0 Å². The summed E-state index contributed by atoms with van der Waals surface area (Å²) in [5.74, 6) is 3.53. The maximum absolute atomic E-state index is 12.8. The van der Waals surface area contributed by atoms with Crippen LogP contribution in [-0.2, 0) is 11.2 Å². The zero-order valence-corrected chi connectivity index (χ0v) is 17.2. The van der Waals surface area contributed by atoms with Gasteiger partial charge >= 0.3 is 0 Å². The lowest BCUT2D eigenvalue weighted by atomic mass is 9.48. The minimum absolute atomic E-state index is 0.167. The second kappa shape index (κ2) is 6.53. The summed E-state index contributed by atoms with van der Waals surface area (Å²) in [4.78, 5) is 21.5. The van der Waals surface area contributed by atoms with Crippen molar-refractivity contribution in [1.82, 2.24) is 24.9 Å². The molecule has 2 aromatic heterocycles. The van der Waals surface area contributed by atoms with Crippen molar-refractivity contribution in [2.75, 3.05) is 0 Å². The molecule has 2 aromatic rings. The lowest BCUT2D eigenvalue weighted by molar-refractivity contribution is -0.125. The quantitative estimate of drug-likeness (QED) is 0.862. The largest absolute Gasteiger partial charge is 0.353 e. The Morgan fingerprint density at radius 1 is 1.21 bits per heavy atom. The van der Waals surface area contributed by atoms with E-state index in [1.54, 1.807) is 4.52 Å². The normalized spacial score (nSPS) is 32.0. The first kappa shape index (κ1) is 18.1. The molecule has 1 N–H and O–H groups in total. The minimum Gasteiger partial charge on any atom is -0.353 e. The Kier molecular flexibility index (Phi) is 4.21. The fourth-order valence-electron chi connectivity index (χ4n) is 6.93. The fraction of sp³-hybridized carbons (Fsp3) is 0.727. The molecule has 0 saturated heterocycles. The third kappa shape index (κ3) is 2.92. The van der Waals surface area contributed by atoms with Gasteiger partial charge in [-0.15, -0.1) is 0 Å². The number of aromatic nitrogens is 4. The first-order valence-corrected chi connectivity index (χ1v) is 10.9. The molecule has 4 bridgehead atoms. The molecular formula is C22H31N5O. The van der Waals surface area contributed by atoms with E-state index in [2.05, 4.69) is 27.3 Å². The van der Waals surface area contributed by atoms with Gasteiger partial charge in [-0.3, -0.25) is 4.79 Å². The number of amides is 1. The molecule has 4 aliphatic rings. The molecule has 0 spiro atoms. The Morgan fingerprint density at radius 3 is 2.50 bits per heavy atom. The zero-order valence-electron chi connectivity index (χ0n) is 17.2. The Labute approximate surface area is 166 Å². The van der Waals surface area contributed by atoms with Gasteiger partial charge in [0.2, 0.25) is 5.91 Å². The van der Waals surface area contributed by atoms with E-state index >= 15 is 0 Å². The maximum Gasteiger partial charge on any atom is 0.252 e. The van der Waals surface area contributed by atoms with Crippen molar-refractivity contribution in [2.45, 2.75) is 78.2 Å². The van der Waals surface area contributed by atoms with Crippen LogP contribution in [0.15, 0.2) is 6.33 Å². The highest BCUT2D eigenvalue weighted by Crippen LogP contribution is 2.61. The van der Waals surface area contributed by atoms with Crippen molar-refractivity contribution in [3.8, 4) is 0 Å². The van der Waals surface area contributed by atoms with Gasteiger partial charge in [-0.2, -0.15) is 10.1 Å². The van der Waals surface area contributed by atoms with E-state index in [0.29, 0.717) is 24.0 Å². The highest BCUT2D eigenvalue weighted by atomic mass is 16.1. The van der Waals surface area contributed by atoms with E-state index < -0.39 is 0 Å². The molecule has 6 heteroatoms. The summed E-state index contributed by atoms with van der Waals surface area (Å²) in [5, 5.41) is 7.63. The van der Waals surface area contributed by atoms with Gasteiger partial charge < -0.3 is 5.32 Å². The average molecular weight is 382 g/mol. The number of hydrogen-bond donors (Lipinski definition) is 1. The first-order chi connectivity index (χ1) is 13.4. The van der Waals surface area contributed by atoms with Crippen LogP contribution in [0.4, 0.5) is 0 Å². The number of aryl methyl sites for hydroxylation is 2. The number of carbonyl (C=O) groups excluding carboxylic acids is 1. The highest BCUT2D eigenvalue weighted by Gasteiger charge is 2.53. The summed E-state index contributed by atoms with van der Waals surface area (Å²) < 4.78 is 1.76. The van der Waals surface area contributed by atoms with E-state index in [-0.39, 0.29) is 11.9 Å². The standard InChI is InChI=1S/C22H31N5O/c1-13-19(14(2)27-21(25-13)23-12-24-27)4-5-20(28)26-15(3)22-9-16-6-17(10-22)8-18(7-16)11-22/h12,15-18H,4-11H2,1-3H3,(H,26,28). The molecule has 28 heavy (non-hydrogen) atoms. The minimum atomic E-state index is 0.167. The van der Waals surface area contributed by atoms with E-state index in [0.717, 1.165) is 34.7 Å². The molecule has 0 aromatic carbocycles. The molecule has 4 fully saturated rings. The van der Waals surface area contributed by atoms with E-state index in [1.807, 2.05) is 13.8 Å². The predicted octanol–water partition coefficient (Wildman–Crippen LogP) is 3.39. The third-order valence-corrected chi connectivity index (χ3v) is 7.97. The van der Waals surface area contributed by atoms with Crippen LogP contribution >= 0.6 is 0 Å². The van der Waals surface area contributed by atoms with Gasteiger partial charge in [0.25, 0.3) is 5.78 Å². The van der Waals surface area contributed by atoms with Gasteiger partial charge in [-0.05, 0) is 94.4 Å². The molecule has 1 unspecified atom stereocenters. The molecule has 6 rings (SSSR count). The molecule has 4 saturated carbocycles. The Balaban J connectivity index is 1.25.